The van der Waals surface area contributed by atoms with Crippen molar-refractivity contribution in [2.45, 2.75) is 13.0 Å². The molecular weight excluding hydrogens is 257 g/mol. The summed E-state index contributed by atoms with van der Waals surface area (Å²) in [6, 6.07) is 0.0132. The average Bonchev–Trinajstić information content (AvgIpc) is 2.10. The Labute approximate surface area is 101 Å². The van der Waals surface area contributed by atoms with Crippen LogP contribution >= 0.6 is 23.2 Å². The number of rotatable bonds is 4. The number of anilines is 1. The molecule has 1 aromatic rings. The normalized spacial score (nSPS) is 14.7. The second-order valence-corrected chi connectivity index (χ2v) is 5.35. The Morgan fingerprint density at radius 3 is 2.87 bits per heavy atom. The molecule has 1 N–H and O–H groups in total. The summed E-state index contributed by atoms with van der Waals surface area (Å²) in [5.41, 5.74) is 0. The summed E-state index contributed by atoms with van der Waals surface area (Å²) in [5.74, 6) is 0.993. The number of nitrogens with one attached hydrogen (secondary N) is 1. The molecule has 2 atom stereocenters. The Bertz CT molecular complexity index is 375. The number of nitrogens with zero attached hydrogens (tertiary/aromatic N) is 2. The van der Waals surface area contributed by atoms with Crippen molar-refractivity contribution < 1.29 is 4.21 Å². The van der Waals surface area contributed by atoms with Gasteiger partial charge in [0.05, 0.1) is 6.20 Å². The SMILES string of the molecule is CC(CS(C)=O)Nc1nc(Cl)ncc1Cl. The first kappa shape index (κ1) is 12.7. The molecule has 0 aromatic carbocycles. The molecule has 4 nitrogen and oxygen atoms in total. The maximum Gasteiger partial charge on any atom is 0.224 e. The van der Waals surface area contributed by atoms with E-state index in [1.54, 1.807) is 6.26 Å². The molecule has 2 unspecified atom stereocenters. The number of halogens is 2. The summed E-state index contributed by atoms with van der Waals surface area (Å²) in [6.07, 6.45) is 3.07. The van der Waals surface area contributed by atoms with Gasteiger partial charge in [-0.15, -0.1) is 0 Å². The second-order valence-electron chi connectivity index (χ2n) is 3.12. The Hall–Kier alpha value is -0.390. The lowest BCUT2D eigenvalue weighted by Gasteiger charge is -2.13. The predicted molar refractivity (Wildman–Crippen MR) is 64.1 cm³/mol. The molecule has 7 heteroatoms. The highest BCUT2D eigenvalue weighted by atomic mass is 35.5. The molecule has 0 saturated heterocycles. The van der Waals surface area contributed by atoms with Crippen LogP contribution in [0.25, 0.3) is 0 Å². The van der Waals surface area contributed by atoms with Crippen molar-refractivity contribution in [3.8, 4) is 0 Å². The molecule has 84 valence electrons. The van der Waals surface area contributed by atoms with E-state index in [9.17, 15) is 4.21 Å². The van der Waals surface area contributed by atoms with Crippen molar-refractivity contribution in [3.63, 3.8) is 0 Å². The lowest BCUT2D eigenvalue weighted by molar-refractivity contribution is 0.683. The van der Waals surface area contributed by atoms with Gasteiger partial charge in [-0.2, -0.15) is 4.98 Å². The molecule has 0 spiro atoms. The molecule has 15 heavy (non-hydrogen) atoms. The summed E-state index contributed by atoms with van der Waals surface area (Å²) < 4.78 is 11.0. The van der Waals surface area contributed by atoms with Crippen LogP contribution in [0, 0.1) is 0 Å². The largest absolute Gasteiger partial charge is 0.365 e. The monoisotopic (exact) mass is 267 g/mol. The van der Waals surface area contributed by atoms with Crippen LogP contribution in [0.15, 0.2) is 6.20 Å². The van der Waals surface area contributed by atoms with Crippen LogP contribution in [0.1, 0.15) is 6.92 Å². The number of hydrogen-bond acceptors (Lipinski definition) is 4. The Morgan fingerprint density at radius 1 is 1.60 bits per heavy atom. The van der Waals surface area contributed by atoms with Gasteiger partial charge in [0.2, 0.25) is 5.28 Å². The number of hydrogen-bond donors (Lipinski definition) is 1. The first-order valence-electron chi connectivity index (χ1n) is 4.23. The molecule has 0 aliphatic rings. The molecule has 0 radical (unpaired) electrons. The van der Waals surface area contributed by atoms with E-state index in [2.05, 4.69) is 15.3 Å². The zero-order chi connectivity index (χ0) is 11.4. The van der Waals surface area contributed by atoms with E-state index in [1.165, 1.54) is 6.20 Å². The molecule has 0 aliphatic heterocycles. The highest BCUT2D eigenvalue weighted by Gasteiger charge is 2.09. The quantitative estimate of drug-likeness (QED) is 0.848. The highest BCUT2D eigenvalue weighted by molar-refractivity contribution is 7.84. The smallest absolute Gasteiger partial charge is 0.224 e. The fourth-order valence-electron chi connectivity index (χ4n) is 1.07. The van der Waals surface area contributed by atoms with E-state index >= 15 is 0 Å². The van der Waals surface area contributed by atoms with Gasteiger partial charge in [-0.3, -0.25) is 4.21 Å². The Morgan fingerprint density at radius 2 is 2.27 bits per heavy atom. The first-order chi connectivity index (χ1) is 6.99. The minimum absolute atomic E-state index is 0.0132. The topological polar surface area (TPSA) is 54.9 Å². The third-order valence-electron chi connectivity index (χ3n) is 1.58. The van der Waals surface area contributed by atoms with Crippen LogP contribution in [0.4, 0.5) is 5.82 Å². The van der Waals surface area contributed by atoms with Crippen molar-refractivity contribution in [1.82, 2.24) is 9.97 Å². The van der Waals surface area contributed by atoms with Crippen molar-refractivity contribution in [3.05, 3.63) is 16.5 Å². The van der Waals surface area contributed by atoms with E-state index in [-0.39, 0.29) is 11.3 Å². The third kappa shape index (κ3) is 4.32. The van der Waals surface area contributed by atoms with Gasteiger partial charge in [-0.25, -0.2) is 4.98 Å². The van der Waals surface area contributed by atoms with Crippen molar-refractivity contribution in [1.29, 1.82) is 0 Å². The molecule has 1 rings (SSSR count). The highest BCUT2D eigenvalue weighted by Crippen LogP contribution is 2.20. The van der Waals surface area contributed by atoms with Gasteiger partial charge >= 0.3 is 0 Å². The van der Waals surface area contributed by atoms with Gasteiger partial charge in [0, 0.05) is 28.9 Å². The summed E-state index contributed by atoms with van der Waals surface area (Å²) in [7, 11) is -0.863. The fourth-order valence-corrected chi connectivity index (χ4v) is 2.14. The van der Waals surface area contributed by atoms with Gasteiger partial charge in [0.1, 0.15) is 10.8 Å². The molecule has 0 aliphatic carbocycles. The Balaban J connectivity index is 2.71. The van der Waals surface area contributed by atoms with Crippen LogP contribution < -0.4 is 5.32 Å². The molecule has 0 saturated carbocycles. The first-order valence-corrected chi connectivity index (χ1v) is 6.72. The zero-order valence-electron chi connectivity index (χ0n) is 8.33. The molecular formula is C8H11Cl2N3OS. The van der Waals surface area contributed by atoms with Crippen molar-refractivity contribution in [2.75, 3.05) is 17.3 Å². The van der Waals surface area contributed by atoms with E-state index in [4.69, 9.17) is 23.2 Å². The fraction of sp³-hybridized carbons (Fsp3) is 0.500. The third-order valence-corrected chi connectivity index (χ3v) is 3.01. The van der Waals surface area contributed by atoms with Crippen LogP contribution in [0.3, 0.4) is 0 Å². The molecule has 1 aromatic heterocycles. The van der Waals surface area contributed by atoms with Gasteiger partial charge in [-0.1, -0.05) is 11.6 Å². The van der Waals surface area contributed by atoms with Crippen LogP contribution in [0.5, 0.6) is 0 Å². The molecule has 1 heterocycles. The summed E-state index contributed by atoms with van der Waals surface area (Å²) in [6.45, 7) is 1.90. The summed E-state index contributed by atoms with van der Waals surface area (Å²) in [4.78, 5) is 7.66. The van der Waals surface area contributed by atoms with Crippen LogP contribution in [-0.4, -0.2) is 32.2 Å². The lowest BCUT2D eigenvalue weighted by atomic mass is 10.4. The maximum atomic E-state index is 11.0. The van der Waals surface area contributed by atoms with Crippen molar-refractivity contribution in [2.24, 2.45) is 0 Å². The summed E-state index contributed by atoms with van der Waals surface area (Å²) >= 11 is 11.5. The Kier molecular flexibility index (Phi) is 4.76. The van der Waals surface area contributed by atoms with Crippen LogP contribution in [-0.2, 0) is 10.8 Å². The molecule has 0 amide bonds. The van der Waals surface area contributed by atoms with Gasteiger partial charge < -0.3 is 5.32 Å². The summed E-state index contributed by atoms with van der Waals surface area (Å²) in [5, 5.41) is 3.55. The molecule has 0 fully saturated rings. The van der Waals surface area contributed by atoms with E-state index in [0.29, 0.717) is 16.6 Å². The van der Waals surface area contributed by atoms with Gasteiger partial charge in [-0.05, 0) is 18.5 Å². The van der Waals surface area contributed by atoms with E-state index in [1.807, 2.05) is 6.92 Å². The predicted octanol–water partition coefficient (Wildman–Crippen LogP) is 1.96. The zero-order valence-corrected chi connectivity index (χ0v) is 10.7. The standard InChI is InChI=1S/C8H11Cl2N3OS/c1-5(4-15(2)14)12-7-6(9)3-11-8(10)13-7/h3,5H,4H2,1-2H3,(H,11,12,13). The van der Waals surface area contributed by atoms with E-state index in [0.717, 1.165) is 0 Å². The minimum Gasteiger partial charge on any atom is -0.365 e. The average molecular weight is 268 g/mol. The van der Waals surface area contributed by atoms with Crippen LogP contribution in [0.2, 0.25) is 10.3 Å². The van der Waals surface area contributed by atoms with E-state index < -0.39 is 10.8 Å². The maximum absolute atomic E-state index is 11.0. The van der Waals surface area contributed by atoms with Gasteiger partial charge in [0.25, 0.3) is 0 Å². The second kappa shape index (κ2) is 5.63. The lowest BCUT2D eigenvalue weighted by Crippen LogP contribution is -2.23. The minimum atomic E-state index is -0.863. The van der Waals surface area contributed by atoms with Crippen molar-refractivity contribution >= 4 is 39.8 Å². The van der Waals surface area contributed by atoms with Gasteiger partial charge in [0.15, 0.2) is 0 Å². The number of aromatic nitrogens is 2. The molecule has 0 bridgehead atoms.